The van der Waals surface area contributed by atoms with Crippen molar-refractivity contribution in [2.45, 2.75) is 6.10 Å². The van der Waals surface area contributed by atoms with Gasteiger partial charge in [0.1, 0.15) is 18.5 Å². The van der Waals surface area contributed by atoms with E-state index in [1.165, 1.54) is 0 Å². The quantitative estimate of drug-likeness (QED) is 0.628. The van der Waals surface area contributed by atoms with Crippen LogP contribution in [0.25, 0.3) is 0 Å². The van der Waals surface area contributed by atoms with Gasteiger partial charge in [0.25, 0.3) is 0 Å². The molecular formula is C17H18O4. The van der Waals surface area contributed by atoms with E-state index in [0.29, 0.717) is 30.1 Å². The van der Waals surface area contributed by atoms with E-state index in [9.17, 15) is 9.90 Å². The average molecular weight is 286 g/mol. The maximum atomic E-state index is 12.4. The largest absolute Gasteiger partial charge is 0.490 e. The molecule has 2 rings (SSSR count). The van der Waals surface area contributed by atoms with Crippen molar-refractivity contribution in [3.05, 3.63) is 65.7 Å². The molecule has 0 aliphatic carbocycles. The van der Waals surface area contributed by atoms with E-state index >= 15 is 0 Å². The van der Waals surface area contributed by atoms with Gasteiger partial charge in [0, 0.05) is 7.11 Å². The normalized spacial score (nSPS) is 11.9. The Bertz CT molecular complexity index is 580. The molecule has 1 atom stereocenters. The summed E-state index contributed by atoms with van der Waals surface area (Å²) in [5, 5.41) is 10.2. The molecule has 0 aliphatic heterocycles. The third kappa shape index (κ3) is 3.90. The number of carbonyl (C=O) groups excluding carboxylic acids is 1. The van der Waals surface area contributed by atoms with Gasteiger partial charge >= 0.3 is 0 Å². The smallest absolute Gasteiger partial charge is 0.199 e. The van der Waals surface area contributed by atoms with Crippen molar-refractivity contribution in [3.63, 3.8) is 0 Å². The lowest BCUT2D eigenvalue weighted by Crippen LogP contribution is -2.14. The summed E-state index contributed by atoms with van der Waals surface area (Å²) in [5.41, 5.74) is 0.930. The standard InChI is InChI=1S/C17H18O4/c1-20-11-12-21-15-10-6-5-9-14(15)17(19)16(18)13-7-3-2-4-8-13/h2-10,16,18H,11-12H2,1H3. The number of carbonyl (C=O) groups is 1. The molecule has 2 aromatic rings. The molecule has 0 heterocycles. The Morgan fingerprint density at radius 3 is 2.43 bits per heavy atom. The molecule has 0 fully saturated rings. The summed E-state index contributed by atoms with van der Waals surface area (Å²) in [7, 11) is 1.58. The molecule has 0 saturated heterocycles. The third-order valence-corrected chi connectivity index (χ3v) is 3.06. The van der Waals surface area contributed by atoms with Crippen LogP contribution in [0.1, 0.15) is 22.0 Å². The molecule has 4 nitrogen and oxygen atoms in total. The first kappa shape index (κ1) is 15.2. The second kappa shape index (κ2) is 7.57. The minimum atomic E-state index is -1.20. The summed E-state index contributed by atoms with van der Waals surface area (Å²) in [6, 6.07) is 15.7. The zero-order chi connectivity index (χ0) is 15.1. The number of hydrogen-bond donors (Lipinski definition) is 1. The van der Waals surface area contributed by atoms with E-state index < -0.39 is 6.10 Å². The third-order valence-electron chi connectivity index (χ3n) is 3.06. The van der Waals surface area contributed by atoms with Gasteiger partial charge in [-0.2, -0.15) is 0 Å². The van der Waals surface area contributed by atoms with Crippen LogP contribution in [0.5, 0.6) is 5.75 Å². The maximum absolute atomic E-state index is 12.4. The number of para-hydroxylation sites is 1. The van der Waals surface area contributed by atoms with Crippen molar-refractivity contribution < 1.29 is 19.4 Å². The van der Waals surface area contributed by atoms with E-state index in [0.717, 1.165) is 0 Å². The van der Waals surface area contributed by atoms with Gasteiger partial charge in [0.15, 0.2) is 5.78 Å². The van der Waals surface area contributed by atoms with Crippen LogP contribution in [0, 0.1) is 0 Å². The molecule has 1 N–H and O–H groups in total. The van der Waals surface area contributed by atoms with Gasteiger partial charge in [-0.25, -0.2) is 0 Å². The Kier molecular flexibility index (Phi) is 5.49. The number of ether oxygens (including phenoxy) is 2. The summed E-state index contributed by atoms with van der Waals surface area (Å²) in [4.78, 5) is 12.4. The van der Waals surface area contributed by atoms with E-state index in [2.05, 4.69) is 0 Å². The molecule has 0 bridgehead atoms. The van der Waals surface area contributed by atoms with Crippen LogP contribution >= 0.6 is 0 Å². The number of hydrogen-bond acceptors (Lipinski definition) is 4. The predicted octanol–water partition coefficient (Wildman–Crippen LogP) is 2.63. The lowest BCUT2D eigenvalue weighted by molar-refractivity contribution is 0.0741. The minimum Gasteiger partial charge on any atom is -0.490 e. The van der Waals surface area contributed by atoms with Crippen LogP contribution < -0.4 is 4.74 Å². The number of rotatable bonds is 7. The molecule has 110 valence electrons. The Hall–Kier alpha value is -2.17. The van der Waals surface area contributed by atoms with Gasteiger partial charge in [-0.15, -0.1) is 0 Å². The fourth-order valence-corrected chi connectivity index (χ4v) is 1.97. The van der Waals surface area contributed by atoms with Gasteiger partial charge in [-0.1, -0.05) is 42.5 Å². The van der Waals surface area contributed by atoms with Crippen LogP contribution in [0.3, 0.4) is 0 Å². The molecule has 0 amide bonds. The van der Waals surface area contributed by atoms with Gasteiger partial charge in [-0.05, 0) is 17.7 Å². The monoisotopic (exact) mass is 286 g/mol. The highest BCUT2D eigenvalue weighted by Gasteiger charge is 2.22. The summed E-state index contributed by atoms with van der Waals surface area (Å²) >= 11 is 0. The lowest BCUT2D eigenvalue weighted by Gasteiger charge is -2.14. The zero-order valence-electron chi connectivity index (χ0n) is 11.9. The predicted molar refractivity (Wildman–Crippen MR) is 79.5 cm³/mol. The summed E-state index contributed by atoms with van der Waals surface area (Å²) in [5.74, 6) is 0.0729. The maximum Gasteiger partial charge on any atom is 0.199 e. The van der Waals surface area contributed by atoms with Crippen molar-refractivity contribution in [2.24, 2.45) is 0 Å². The molecule has 4 heteroatoms. The number of aliphatic hydroxyl groups is 1. The second-order valence-corrected chi connectivity index (χ2v) is 4.51. The van der Waals surface area contributed by atoms with Crippen molar-refractivity contribution in [1.29, 1.82) is 0 Å². The molecule has 0 aromatic heterocycles. The Morgan fingerprint density at radius 2 is 1.71 bits per heavy atom. The molecule has 0 aliphatic rings. The van der Waals surface area contributed by atoms with E-state index in [1.807, 2.05) is 6.07 Å². The van der Waals surface area contributed by atoms with E-state index in [1.54, 1.807) is 55.6 Å². The summed E-state index contributed by atoms with van der Waals surface area (Å²) in [6.07, 6.45) is -1.20. The van der Waals surface area contributed by atoms with Crippen molar-refractivity contribution in [1.82, 2.24) is 0 Å². The van der Waals surface area contributed by atoms with Crippen molar-refractivity contribution in [3.8, 4) is 5.75 Å². The van der Waals surface area contributed by atoms with E-state index in [4.69, 9.17) is 9.47 Å². The first-order valence-corrected chi connectivity index (χ1v) is 6.72. The first-order valence-electron chi connectivity index (χ1n) is 6.72. The minimum absolute atomic E-state index is 0.349. The first-order chi connectivity index (χ1) is 10.2. The van der Waals surface area contributed by atoms with Crippen LogP contribution in [0.4, 0.5) is 0 Å². The van der Waals surface area contributed by atoms with E-state index in [-0.39, 0.29) is 5.78 Å². The van der Waals surface area contributed by atoms with Crippen molar-refractivity contribution in [2.75, 3.05) is 20.3 Å². The Balaban J connectivity index is 2.19. The lowest BCUT2D eigenvalue weighted by atomic mass is 9.99. The highest BCUT2D eigenvalue weighted by atomic mass is 16.5. The highest BCUT2D eigenvalue weighted by Crippen LogP contribution is 2.25. The summed E-state index contributed by atoms with van der Waals surface area (Å²) < 4.78 is 10.4. The highest BCUT2D eigenvalue weighted by molar-refractivity contribution is 6.02. The van der Waals surface area contributed by atoms with Gasteiger partial charge in [-0.3, -0.25) is 4.79 Å². The number of methoxy groups -OCH3 is 1. The van der Waals surface area contributed by atoms with Crippen molar-refractivity contribution >= 4 is 5.78 Å². The fourth-order valence-electron chi connectivity index (χ4n) is 1.97. The molecule has 0 radical (unpaired) electrons. The van der Waals surface area contributed by atoms with Gasteiger partial charge in [0.05, 0.1) is 12.2 Å². The van der Waals surface area contributed by atoms with Crippen LogP contribution in [0.15, 0.2) is 54.6 Å². The number of benzene rings is 2. The number of ketones is 1. The second-order valence-electron chi connectivity index (χ2n) is 4.51. The molecule has 1 unspecified atom stereocenters. The fraction of sp³-hybridized carbons (Fsp3) is 0.235. The molecule has 2 aromatic carbocycles. The average Bonchev–Trinajstić information content (AvgIpc) is 2.55. The molecular weight excluding hydrogens is 268 g/mol. The van der Waals surface area contributed by atoms with Crippen LogP contribution in [0.2, 0.25) is 0 Å². The Morgan fingerprint density at radius 1 is 1.05 bits per heavy atom. The van der Waals surface area contributed by atoms with Gasteiger partial charge < -0.3 is 14.6 Å². The molecule has 0 saturated carbocycles. The molecule has 21 heavy (non-hydrogen) atoms. The zero-order valence-corrected chi connectivity index (χ0v) is 11.9. The summed E-state index contributed by atoms with van der Waals surface area (Å²) in [6.45, 7) is 0.784. The number of Topliss-reactive ketones (excluding diaryl/α,β-unsaturated/α-hetero) is 1. The number of aliphatic hydroxyl groups excluding tert-OH is 1. The molecule has 0 spiro atoms. The van der Waals surface area contributed by atoms with Gasteiger partial charge in [0.2, 0.25) is 0 Å². The SMILES string of the molecule is COCCOc1ccccc1C(=O)C(O)c1ccccc1. The van der Waals surface area contributed by atoms with Crippen LogP contribution in [-0.4, -0.2) is 31.2 Å². The Labute approximate surface area is 123 Å². The topological polar surface area (TPSA) is 55.8 Å². The van der Waals surface area contributed by atoms with Crippen LogP contribution in [-0.2, 0) is 4.74 Å².